The van der Waals surface area contributed by atoms with Crippen LogP contribution in [0.25, 0.3) is 0 Å². The summed E-state index contributed by atoms with van der Waals surface area (Å²) in [5.41, 5.74) is 1.18. The minimum Gasteiger partial charge on any atom is -0.354 e. The Labute approximate surface area is 131 Å². The molecule has 1 saturated carbocycles. The molecular weight excluding hydrogens is 280 g/mol. The highest BCUT2D eigenvalue weighted by molar-refractivity contribution is 5.94. The topological polar surface area (TPSA) is 84.0 Å². The second-order valence-corrected chi connectivity index (χ2v) is 5.83. The summed E-state index contributed by atoms with van der Waals surface area (Å²) < 4.78 is 0. The molecule has 1 aromatic rings. The molecule has 0 saturated heterocycles. The first kappa shape index (κ1) is 16.4. The van der Waals surface area contributed by atoms with Crippen molar-refractivity contribution in [2.75, 3.05) is 11.9 Å². The van der Waals surface area contributed by atoms with E-state index in [0.29, 0.717) is 36.2 Å². The maximum atomic E-state index is 11.9. The van der Waals surface area contributed by atoms with Crippen LogP contribution in [0.3, 0.4) is 0 Å². The summed E-state index contributed by atoms with van der Waals surface area (Å²) in [6, 6.07) is 0.342. The molecule has 1 aliphatic rings. The Bertz CT molecular complexity index is 539. The van der Waals surface area contributed by atoms with Gasteiger partial charge in [0.25, 0.3) is 0 Å². The average Bonchev–Trinajstić information content (AvgIpc) is 2.48. The number of amides is 1. The third-order valence-corrected chi connectivity index (χ3v) is 3.96. The number of rotatable bonds is 6. The zero-order valence-corrected chi connectivity index (χ0v) is 13.3. The summed E-state index contributed by atoms with van der Waals surface area (Å²) in [6.07, 6.45) is 7.79. The van der Waals surface area contributed by atoms with Crippen LogP contribution in [0.15, 0.2) is 6.20 Å². The molecule has 0 bridgehead atoms. The lowest BCUT2D eigenvalue weighted by molar-refractivity contribution is -0.121. The van der Waals surface area contributed by atoms with Crippen LogP contribution < -0.4 is 10.6 Å². The van der Waals surface area contributed by atoms with E-state index in [4.69, 9.17) is 0 Å². The number of carbonyl (C=O) groups excluding carboxylic acids is 2. The zero-order valence-electron chi connectivity index (χ0n) is 13.3. The molecule has 1 aliphatic carbocycles. The van der Waals surface area contributed by atoms with Gasteiger partial charge in [0.2, 0.25) is 11.9 Å². The summed E-state index contributed by atoms with van der Waals surface area (Å²) in [7, 11) is 0. The summed E-state index contributed by atoms with van der Waals surface area (Å²) in [4.78, 5) is 31.5. The molecule has 120 valence electrons. The van der Waals surface area contributed by atoms with Crippen LogP contribution in [0.2, 0.25) is 0 Å². The first-order valence-corrected chi connectivity index (χ1v) is 7.94. The maximum Gasteiger partial charge on any atom is 0.222 e. The van der Waals surface area contributed by atoms with Crippen molar-refractivity contribution in [1.82, 2.24) is 15.3 Å². The van der Waals surface area contributed by atoms with Gasteiger partial charge >= 0.3 is 0 Å². The van der Waals surface area contributed by atoms with Gasteiger partial charge in [0.05, 0.1) is 11.3 Å². The van der Waals surface area contributed by atoms with Crippen molar-refractivity contribution >= 4 is 17.6 Å². The molecule has 22 heavy (non-hydrogen) atoms. The minimum atomic E-state index is -0.0455. The van der Waals surface area contributed by atoms with Crippen LogP contribution in [-0.4, -0.2) is 34.2 Å². The van der Waals surface area contributed by atoms with E-state index in [1.165, 1.54) is 32.4 Å². The molecule has 6 nitrogen and oxygen atoms in total. The molecule has 2 N–H and O–H groups in total. The van der Waals surface area contributed by atoms with Gasteiger partial charge in [0, 0.05) is 25.2 Å². The SMILES string of the molecule is CC(=O)c1cnc(NCCC(=O)NC2CCCCC2)nc1C. The maximum absolute atomic E-state index is 11.9. The fourth-order valence-corrected chi connectivity index (χ4v) is 2.73. The molecule has 0 aliphatic heterocycles. The molecule has 0 aromatic carbocycles. The van der Waals surface area contributed by atoms with E-state index < -0.39 is 0 Å². The second-order valence-electron chi connectivity index (χ2n) is 5.83. The predicted molar refractivity (Wildman–Crippen MR) is 84.9 cm³/mol. The number of ketones is 1. The number of carbonyl (C=O) groups is 2. The Hall–Kier alpha value is -1.98. The normalized spacial score (nSPS) is 15.4. The Morgan fingerprint density at radius 2 is 2.00 bits per heavy atom. The lowest BCUT2D eigenvalue weighted by atomic mass is 9.95. The number of nitrogens with one attached hydrogen (secondary N) is 2. The molecule has 1 aromatic heterocycles. The van der Waals surface area contributed by atoms with Gasteiger partial charge in [-0.3, -0.25) is 9.59 Å². The summed E-state index contributed by atoms with van der Waals surface area (Å²) in [5.74, 6) is 0.473. The number of anilines is 1. The monoisotopic (exact) mass is 304 g/mol. The Morgan fingerprint density at radius 1 is 1.27 bits per heavy atom. The van der Waals surface area contributed by atoms with Crippen LogP contribution in [0.4, 0.5) is 5.95 Å². The Kier molecular flexibility index (Phi) is 5.86. The van der Waals surface area contributed by atoms with Crippen molar-refractivity contribution in [3.05, 3.63) is 17.5 Å². The number of aryl methyl sites for hydroxylation is 1. The summed E-state index contributed by atoms with van der Waals surface area (Å²) >= 11 is 0. The molecule has 1 amide bonds. The molecule has 0 spiro atoms. The number of nitrogens with zero attached hydrogens (tertiary/aromatic N) is 2. The second kappa shape index (κ2) is 7.87. The van der Waals surface area contributed by atoms with Gasteiger partial charge in [-0.05, 0) is 26.7 Å². The van der Waals surface area contributed by atoms with E-state index in [9.17, 15) is 9.59 Å². The fourth-order valence-electron chi connectivity index (χ4n) is 2.73. The molecule has 1 fully saturated rings. The molecule has 1 heterocycles. The van der Waals surface area contributed by atoms with Gasteiger partial charge in [0.15, 0.2) is 5.78 Å². The van der Waals surface area contributed by atoms with Crippen LogP contribution in [0.1, 0.15) is 61.5 Å². The molecule has 6 heteroatoms. The van der Waals surface area contributed by atoms with E-state index in [2.05, 4.69) is 20.6 Å². The first-order valence-electron chi connectivity index (χ1n) is 7.94. The van der Waals surface area contributed by atoms with E-state index >= 15 is 0 Å². The van der Waals surface area contributed by atoms with Gasteiger partial charge in [-0.15, -0.1) is 0 Å². The van der Waals surface area contributed by atoms with Crippen molar-refractivity contribution < 1.29 is 9.59 Å². The van der Waals surface area contributed by atoms with Crippen LogP contribution in [0.5, 0.6) is 0 Å². The van der Waals surface area contributed by atoms with Crippen molar-refractivity contribution in [2.24, 2.45) is 0 Å². The minimum absolute atomic E-state index is 0.0455. The van der Waals surface area contributed by atoms with Crippen molar-refractivity contribution in [3.63, 3.8) is 0 Å². The summed E-state index contributed by atoms with van der Waals surface area (Å²) in [6.45, 7) is 3.76. The van der Waals surface area contributed by atoms with E-state index in [-0.39, 0.29) is 11.7 Å². The Morgan fingerprint density at radius 3 is 2.64 bits per heavy atom. The average molecular weight is 304 g/mol. The van der Waals surface area contributed by atoms with Gasteiger partial charge in [0.1, 0.15) is 0 Å². The van der Waals surface area contributed by atoms with Crippen molar-refractivity contribution in [2.45, 2.75) is 58.4 Å². The van der Waals surface area contributed by atoms with E-state index in [1.807, 2.05) is 0 Å². The number of hydrogen-bond donors (Lipinski definition) is 2. The standard InChI is InChI=1S/C16H24N4O2/c1-11-14(12(2)21)10-18-16(19-11)17-9-8-15(22)20-13-6-4-3-5-7-13/h10,13H,3-9H2,1-2H3,(H,20,22)(H,17,18,19). The highest BCUT2D eigenvalue weighted by Crippen LogP contribution is 2.17. The highest BCUT2D eigenvalue weighted by Gasteiger charge is 2.15. The van der Waals surface area contributed by atoms with Crippen LogP contribution in [0, 0.1) is 6.92 Å². The number of aromatic nitrogens is 2. The lowest BCUT2D eigenvalue weighted by Crippen LogP contribution is -2.36. The number of hydrogen-bond acceptors (Lipinski definition) is 5. The third-order valence-electron chi connectivity index (χ3n) is 3.96. The van der Waals surface area contributed by atoms with Gasteiger partial charge in [-0.25, -0.2) is 9.97 Å². The Balaban J connectivity index is 1.74. The van der Waals surface area contributed by atoms with Crippen molar-refractivity contribution in [1.29, 1.82) is 0 Å². The van der Waals surface area contributed by atoms with Crippen LogP contribution in [-0.2, 0) is 4.79 Å². The van der Waals surface area contributed by atoms with E-state index in [0.717, 1.165) is 12.8 Å². The molecular formula is C16H24N4O2. The predicted octanol–water partition coefficient (Wildman–Crippen LogP) is 2.24. The van der Waals surface area contributed by atoms with Crippen LogP contribution >= 0.6 is 0 Å². The largest absolute Gasteiger partial charge is 0.354 e. The van der Waals surface area contributed by atoms with Gasteiger partial charge < -0.3 is 10.6 Å². The molecule has 0 atom stereocenters. The fraction of sp³-hybridized carbons (Fsp3) is 0.625. The highest BCUT2D eigenvalue weighted by atomic mass is 16.1. The lowest BCUT2D eigenvalue weighted by Gasteiger charge is -2.22. The molecule has 0 unspecified atom stereocenters. The number of Topliss-reactive ketones (excluding diaryl/α,β-unsaturated/α-hetero) is 1. The first-order chi connectivity index (χ1) is 10.6. The molecule has 2 rings (SSSR count). The quantitative estimate of drug-likeness (QED) is 0.787. The smallest absolute Gasteiger partial charge is 0.222 e. The van der Waals surface area contributed by atoms with Crippen molar-refractivity contribution in [3.8, 4) is 0 Å². The van der Waals surface area contributed by atoms with E-state index in [1.54, 1.807) is 6.92 Å². The molecule has 0 radical (unpaired) electrons. The van der Waals surface area contributed by atoms with Gasteiger partial charge in [-0.1, -0.05) is 19.3 Å². The zero-order chi connectivity index (χ0) is 15.9. The third kappa shape index (κ3) is 4.79. The van der Waals surface area contributed by atoms with Gasteiger partial charge in [-0.2, -0.15) is 0 Å². The summed E-state index contributed by atoms with van der Waals surface area (Å²) in [5, 5.41) is 6.10.